The van der Waals surface area contributed by atoms with Gasteiger partial charge in [0.05, 0.1) is 11.4 Å². The number of para-hydroxylation sites is 3. The first-order chi connectivity index (χ1) is 10.8. The third-order valence-corrected chi connectivity index (χ3v) is 4.12. The number of unbranched alkanes of at least 4 members (excludes halogenated alkanes) is 1. The van der Waals surface area contributed by atoms with Crippen molar-refractivity contribution >= 4 is 11.4 Å². The molecule has 0 amide bonds. The monoisotopic (exact) mass is 296 g/mol. The van der Waals surface area contributed by atoms with Crippen molar-refractivity contribution < 1.29 is 4.74 Å². The normalized spacial score (nSPS) is 13.5. The third kappa shape index (κ3) is 2.95. The van der Waals surface area contributed by atoms with Crippen molar-refractivity contribution in [1.82, 2.24) is 5.32 Å². The Hall–Kier alpha value is -2.00. The number of hydrogen-bond donors (Lipinski definition) is 2. The summed E-state index contributed by atoms with van der Waals surface area (Å²) in [6.45, 7) is 5.48. The van der Waals surface area contributed by atoms with Crippen molar-refractivity contribution in [3.8, 4) is 11.5 Å². The summed E-state index contributed by atoms with van der Waals surface area (Å²) in [7, 11) is 0. The average Bonchev–Trinajstić information content (AvgIpc) is 2.57. The van der Waals surface area contributed by atoms with Crippen LogP contribution < -0.4 is 15.4 Å². The maximum Gasteiger partial charge on any atom is 0.155 e. The van der Waals surface area contributed by atoms with Crippen molar-refractivity contribution in [2.75, 3.05) is 11.9 Å². The lowest BCUT2D eigenvalue weighted by Gasteiger charge is -2.27. The molecule has 0 bridgehead atoms. The van der Waals surface area contributed by atoms with Gasteiger partial charge in [-0.1, -0.05) is 44.5 Å². The standard InChI is InChI=1S/C19H24N2O/c1-3-5-13-20-15(4-2)14-9-8-11-17-19(14)22-18-12-7-6-10-16(18)21-17/h6-12,15,20-21H,3-5,13H2,1-2H3. The van der Waals surface area contributed by atoms with Crippen LogP contribution in [0, 0.1) is 0 Å². The molecule has 1 heterocycles. The first-order valence-corrected chi connectivity index (χ1v) is 8.23. The Morgan fingerprint density at radius 1 is 1.05 bits per heavy atom. The fourth-order valence-corrected chi connectivity index (χ4v) is 2.88. The van der Waals surface area contributed by atoms with Crippen LogP contribution in [0.15, 0.2) is 42.5 Å². The van der Waals surface area contributed by atoms with E-state index in [1.165, 1.54) is 18.4 Å². The molecule has 2 aromatic rings. The molecule has 3 nitrogen and oxygen atoms in total. The molecule has 0 spiro atoms. The summed E-state index contributed by atoms with van der Waals surface area (Å²) < 4.78 is 6.20. The minimum Gasteiger partial charge on any atom is -0.453 e. The maximum absolute atomic E-state index is 6.20. The zero-order valence-electron chi connectivity index (χ0n) is 13.4. The highest BCUT2D eigenvalue weighted by Gasteiger charge is 2.22. The molecule has 2 N–H and O–H groups in total. The molecule has 3 rings (SSSR count). The van der Waals surface area contributed by atoms with Crippen LogP contribution in [0.25, 0.3) is 0 Å². The van der Waals surface area contributed by atoms with Gasteiger partial charge in [-0.2, -0.15) is 0 Å². The highest BCUT2D eigenvalue weighted by molar-refractivity contribution is 5.76. The topological polar surface area (TPSA) is 33.3 Å². The highest BCUT2D eigenvalue weighted by Crippen LogP contribution is 2.45. The summed E-state index contributed by atoms with van der Waals surface area (Å²) in [5, 5.41) is 7.13. The van der Waals surface area contributed by atoms with E-state index in [1.54, 1.807) is 0 Å². The van der Waals surface area contributed by atoms with Crippen molar-refractivity contribution in [1.29, 1.82) is 0 Å². The second-order valence-corrected chi connectivity index (χ2v) is 5.72. The quantitative estimate of drug-likeness (QED) is 0.599. The van der Waals surface area contributed by atoms with E-state index >= 15 is 0 Å². The van der Waals surface area contributed by atoms with Gasteiger partial charge in [0.25, 0.3) is 0 Å². The van der Waals surface area contributed by atoms with Crippen molar-refractivity contribution in [3.63, 3.8) is 0 Å². The van der Waals surface area contributed by atoms with Gasteiger partial charge in [0, 0.05) is 11.6 Å². The molecule has 0 radical (unpaired) electrons. The number of rotatable bonds is 6. The molecule has 0 saturated heterocycles. The van der Waals surface area contributed by atoms with Crippen LogP contribution in [0.1, 0.15) is 44.7 Å². The minimum absolute atomic E-state index is 0.327. The molecular formula is C19H24N2O. The van der Waals surface area contributed by atoms with E-state index in [0.717, 1.165) is 35.8 Å². The van der Waals surface area contributed by atoms with Crippen LogP contribution in [-0.4, -0.2) is 6.54 Å². The van der Waals surface area contributed by atoms with Gasteiger partial charge in [-0.15, -0.1) is 0 Å². The maximum atomic E-state index is 6.20. The summed E-state index contributed by atoms with van der Waals surface area (Å²) >= 11 is 0. The van der Waals surface area contributed by atoms with E-state index in [-0.39, 0.29) is 0 Å². The van der Waals surface area contributed by atoms with E-state index < -0.39 is 0 Å². The molecule has 0 fully saturated rings. The Morgan fingerprint density at radius 3 is 2.68 bits per heavy atom. The summed E-state index contributed by atoms with van der Waals surface area (Å²) in [4.78, 5) is 0. The molecule has 1 aliphatic heterocycles. The van der Waals surface area contributed by atoms with Gasteiger partial charge in [-0.3, -0.25) is 0 Å². The summed E-state index contributed by atoms with van der Waals surface area (Å²) in [5.74, 6) is 1.85. The van der Waals surface area contributed by atoms with E-state index in [9.17, 15) is 0 Å². The Kier molecular flexibility index (Phi) is 4.64. The van der Waals surface area contributed by atoms with Gasteiger partial charge in [-0.05, 0) is 37.6 Å². The van der Waals surface area contributed by atoms with Crippen LogP contribution in [-0.2, 0) is 0 Å². The van der Waals surface area contributed by atoms with Gasteiger partial charge in [0.15, 0.2) is 11.5 Å². The van der Waals surface area contributed by atoms with Crippen LogP contribution in [0.3, 0.4) is 0 Å². The molecule has 0 saturated carbocycles. The minimum atomic E-state index is 0.327. The highest BCUT2D eigenvalue weighted by atomic mass is 16.5. The number of hydrogen-bond acceptors (Lipinski definition) is 3. The molecule has 22 heavy (non-hydrogen) atoms. The lowest BCUT2D eigenvalue weighted by atomic mass is 10.0. The lowest BCUT2D eigenvalue weighted by Crippen LogP contribution is -2.22. The summed E-state index contributed by atoms with van der Waals surface area (Å²) in [6.07, 6.45) is 3.46. The second kappa shape index (κ2) is 6.84. The molecule has 2 aromatic carbocycles. The van der Waals surface area contributed by atoms with Crippen LogP contribution in [0.2, 0.25) is 0 Å². The van der Waals surface area contributed by atoms with Crippen molar-refractivity contribution in [3.05, 3.63) is 48.0 Å². The smallest absolute Gasteiger partial charge is 0.155 e. The van der Waals surface area contributed by atoms with Crippen LogP contribution in [0.5, 0.6) is 11.5 Å². The number of benzene rings is 2. The van der Waals surface area contributed by atoms with E-state index in [1.807, 2.05) is 24.3 Å². The second-order valence-electron chi connectivity index (χ2n) is 5.72. The van der Waals surface area contributed by atoms with Gasteiger partial charge >= 0.3 is 0 Å². The van der Waals surface area contributed by atoms with E-state index in [4.69, 9.17) is 4.74 Å². The van der Waals surface area contributed by atoms with Crippen LogP contribution in [0.4, 0.5) is 11.4 Å². The van der Waals surface area contributed by atoms with Crippen molar-refractivity contribution in [2.24, 2.45) is 0 Å². The Morgan fingerprint density at radius 2 is 1.86 bits per heavy atom. The van der Waals surface area contributed by atoms with E-state index in [0.29, 0.717) is 6.04 Å². The Balaban J connectivity index is 1.88. The summed E-state index contributed by atoms with van der Waals surface area (Å²) in [6, 6.07) is 14.7. The average molecular weight is 296 g/mol. The molecular weight excluding hydrogens is 272 g/mol. The van der Waals surface area contributed by atoms with Crippen molar-refractivity contribution in [2.45, 2.75) is 39.2 Å². The number of ether oxygens (including phenoxy) is 1. The first kappa shape index (κ1) is 14.9. The molecule has 3 heteroatoms. The largest absolute Gasteiger partial charge is 0.453 e. The number of nitrogens with one attached hydrogen (secondary N) is 2. The number of anilines is 2. The molecule has 0 aromatic heterocycles. The predicted octanol–water partition coefficient (Wildman–Crippen LogP) is 5.38. The molecule has 0 aliphatic carbocycles. The predicted molar refractivity (Wildman–Crippen MR) is 92.2 cm³/mol. The van der Waals surface area contributed by atoms with Gasteiger partial charge in [-0.25, -0.2) is 0 Å². The van der Waals surface area contributed by atoms with Gasteiger partial charge in [0.1, 0.15) is 0 Å². The van der Waals surface area contributed by atoms with Gasteiger partial charge < -0.3 is 15.4 Å². The molecule has 1 aliphatic rings. The van der Waals surface area contributed by atoms with E-state index in [2.05, 4.69) is 42.7 Å². The number of fused-ring (bicyclic) bond motifs is 2. The molecule has 1 unspecified atom stereocenters. The Bertz CT molecular complexity index is 639. The Labute approximate surface area is 132 Å². The lowest BCUT2D eigenvalue weighted by molar-refractivity contribution is 0.446. The summed E-state index contributed by atoms with van der Waals surface area (Å²) in [5.41, 5.74) is 3.31. The van der Waals surface area contributed by atoms with Gasteiger partial charge in [0.2, 0.25) is 0 Å². The van der Waals surface area contributed by atoms with Crippen LogP contribution >= 0.6 is 0 Å². The first-order valence-electron chi connectivity index (χ1n) is 8.23. The molecule has 116 valence electrons. The fourth-order valence-electron chi connectivity index (χ4n) is 2.88. The fraction of sp³-hybridized carbons (Fsp3) is 0.368. The SMILES string of the molecule is CCCCNC(CC)c1cccc2c1Oc1ccccc1N2. The third-order valence-electron chi connectivity index (χ3n) is 4.12. The zero-order valence-corrected chi connectivity index (χ0v) is 13.4. The molecule has 1 atom stereocenters. The zero-order chi connectivity index (χ0) is 15.4.